The zero-order chi connectivity index (χ0) is 34.2. The van der Waals surface area contributed by atoms with Crippen LogP contribution >= 0.6 is 11.8 Å². The summed E-state index contributed by atoms with van der Waals surface area (Å²) in [5.74, 6) is -0.170. The molecule has 1 aromatic carbocycles. The third-order valence-corrected chi connectivity index (χ3v) is 11.1. The molecule has 3 aliphatic rings. The first-order valence-corrected chi connectivity index (χ1v) is 19.8. The average Bonchev–Trinajstić information content (AvgIpc) is 3.51. The van der Waals surface area contributed by atoms with E-state index >= 15 is 0 Å². The highest BCUT2D eigenvalue weighted by atomic mass is 32.2. The minimum atomic E-state index is -0.702. The van der Waals surface area contributed by atoms with Crippen LogP contribution in [0.4, 0.5) is 0 Å². The van der Waals surface area contributed by atoms with Crippen LogP contribution in [0.5, 0.6) is 0 Å². The molecule has 0 saturated carbocycles. The lowest BCUT2D eigenvalue weighted by atomic mass is 9.74. The maximum atomic E-state index is 9.84. The number of fused-ring (bicyclic) bond motifs is 1. The minimum Gasteiger partial charge on any atom is -0.394 e. The van der Waals surface area contributed by atoms with E-state index in [0.717, 1.165) is 64.2 Å². The highest BCUT2D eigenvalue weighted by Crippen LogP contribution is 2.44. The van der Waals surface area contributed by atoms with Crippen LogP contribution in [0.15, 0.2) is 53.0 Å². The highest BCUT2D eigenvalue weighted by Gasteiger charge is 2.54. The summed E-state index contributed by atoms with van der Waals surface area (Å²) in [5, 5.41) is 10.3. The predicted molar refractivity (Wildman–Crippen MR) is 195 cm³/mol. The molecule has 8 heteroatoms. The fourth-order valence-electron chi connectivity index (χ4n) is 6.92. The molecule has 1 aromatic rings. The first-order valence-electron chi connectivity index (χ1n) is 18.9. The zero-order valence-electron chi connectivity index (χ0n) is 30.4. The van der Waals surface area contributed by atoms with E-state index in [9.17, 15) is 5.11 Å². The van der Waals surface area contributed by atoms with Crippen LogP contribution in [0, 0.1) is 5.92 Å². The third kappa shape index (κ3) is 11.1. The van der Waals surface area contributed by atoms with E-state index in [0.29, 0.717) is 38.3 Å². The van der Waals surface area contributed by atoms with Crippen molar-refractivity contribution in [3.8, 4) is 0 Å². The van der Waals surface area contributed by atoms with Crippen LogP contribution in [-0.2, 0) is 34.8 Å². The molecule has 272 valence electrons. The number of unbranched alkanes of at least 4 members (excludes halogenated alkanes) is 4. The van der Waals surface area contributed by atoms with Gasteiger partial charge in [0, 0.05) is 42.5 Å². The molecule has 1 aliphatic carbocycles. The van der Waals surface area contributed by atoms with Crippen LogP contribution < -0.4 is 0 Å². The predicted octanol–water partition coefficient (Wildman–Crippen LogP) is 8.11. The molecule has 2 heterocycles. The molecule has 0 amide bonds. The standard InChI is InChI=1S/C40H64O7S/c1-6-10-21-42-29-34-37(43-22-11-7-2)39(45-24-13-9-4)38(44-23-12-8-3)36(47-34)33-27-30(18-19-40(33,5)46-25-20-41)26-32-28-31-16-14-15-17-35(31)48-32/h14-19,27,32-34,36-39,41H,6-13,20-26,28-29H2,1-5H3/t32?,33?,34-,36+,37-,38+,39+,40?/m1/s1. The van der Waals surface area contributed by atoms with Crippen LogP contribution in [0.2, 0.25) is 0 Å². The number of allylic oxidation sites excluding steroid dienone is 2. The fourth-order valence-corrected chi connectivity index (χ4v) is 8.27. The average molecular weight is 689 g/mol. The molecule has 48 heavy (non-hydrogen) atoms. The van der Waals surface area contributed by atoms with E-state index in [1.165, 1.54) is 16.0 Å². The van der Waals surface area contributed by atoms with E-state index < -0.39 is 5.60 Å². The molecule has 4 rings (SSSR count). The molecule has 1 fully saturated rings. The summed E-state index contributed by atoms with van der Waals surface area (Å²) in [6.45, 7) is 14.1. The SMILES string of the molecule is CCCCOC[C@H]1O[C@@H](C2C=C(CC3Cc4ccccc4S3)C=CC2(C)OCCO)[C@H](OCCCC)[C@@H](OCCCC)[C@@H]1OCCCC. The molecular weight excluding hydrogens is 625 g/mol. The van der Waals surface area contributed by atoms with Crippen molar-refractivity contribution in [2.45, 2.75) is 145 Å². The number of thioether (sulfide) groups is 1. The van der Waals surface area contributed by atoms with Gasteiger partial charge >= 0.3 is 0 Å². The van der Waals surface area contributed by atoms with Gasteiger partial charge in [-0.15, -0.1) is 11.8 Å². The number of aliphatic hydroxyl groups excluding tert-OH is 1. The van der Waals surface area contributed by atoms with E-state index in [-0.39, 0.29) is 49.7 Å². The van der Waals surface area contributed by atoms with Crippen molar-refractivity contribution in [3.63, 3.8) is 0 Å². The zero-order valence-corrected chi connectivity index (χ0v) is 31.2. The Morgan fingerprint density at radius 2 is 1.48 bits per heavy atom. The highest BCUT2D eigenvalue weighted by molar-refractivity contribution is 8.00. The largest absolute Gasteiger partial charge is 0.394 e. The van der Waals surface area contributed by atoms with Crippen LogP contribution in [0.1, 0.15) is 98.0 Å². The fraction of sp³-hybridized carbons (Fsp3) is 0.750. The summed E-state index contributed by atoms with van der Waals surface area (Å²) in [7, 11) is 0. The quantitative estimate of drug-likeness (QED) is 0.116. The lowest BCUT2D eigenvalue weighted by Crippen LogP contribution is -2.65. The molecule has 1 N–H and O–H groups in total. The molecular formula is C40H64O7S. The molecule has 7 nitrogen and oxygen atoms in total. The Bertz CT molecular complexity index is 1090. The third-order valence-electron chi connectivity index (χ3n) is 9.74. The van der Waals surface area contributed by atoms with Gasteiger partial charge in [-0.05, 0) is 57.1 Å². The van der Waals surface area contributed by atoms with Crippen molar-refractivity contribution >= 4 is 11.8 Å². The Morgan fingerprint density at radius 1 is 0.833 bits per heavy atom. The Kier molecular flexibility index (Phi) is 17.5. The summed E-state index contributed by atoms with van der Waals surface area (Å²) in [6, 6.07) is 8.77. The normalized spacial score (nSPS) is 30.0. The van der Waals surface area contributed by atoms with Crippen molar-refractivity contribution in [1.82, 2.24) is 0 Å². The van der Waals surface area contributed by atoms with Crippen molar-refractivity contribution < 1.29 is 33.5 Å². The van der Waals surface area contributed by atoms with Gasteiger partial charge in [0.2, 0.25) is 0 Å². The van der Waals surface area contributed by atoms with Crippen molar-refractivity contribution in [1.29, 1.82) is 0 Å². The summed E-state index contributed by atoms with van der Waals surface area (Å²) in [4.78, 5) is 1.39. The van der Waals surface area contributed by atoms with Crippen molar-refractivity contribution in [2.24, 2.45) is 5.92 Å². The molecule has 8 atom stereocenters. The maximum absolute atomic E-state index is 9.84. The van der Waals surface area contributed by atoms with Gasteiger partial charge in [-0.2, -0.15) is 0 Å². The Labute approximate surface area is 295 Å². The Balaban J connectivity index is 1.70. The lowest BCUT2D eigenvalue weighted by molar-refractivity contribution is -0.280. The number of aliphatic hydroxyl groups is 1. The molecule has 0 bridgehead atoms. The van der Waals surface area contributed by atoms with E-state index in [1.807, 2.05) is 11.8 Å². The van der Waals surface area contributed by atoms with Crippen LogP contribution in [-0.4, -0.2) is 92.7 Å². The second-order valence-corrected chi connectivity index (χ2v) is 15.1. The molecule has 0 radical (unpaired) electrons. The van der Waals surface area contributed by atoms with Gasteiger partial charge in [-0.25, -0.2) is 0 Å². The summed E-state index contributed by atoms with van der Waals surface area (Å²) in [5.41, 5.74) is 2.02. The van der Waals surface area contributed by atoms with Gasteiger partial charge < -0.3 is 33.5 Å². The number of hydrogen-bond donors (Lipinski definition) is 1. The molecule has 3 unspecified atom stereocenters. The molecule has 0 aromatic heterocycles. The van der Waals surface area contributed by atoms with Crippen LogP contribution in [0.3, 0.4) is 0 Å². The van der Waals surface area contributed by atoms with Gasteiger partial charge in [-0.1, -0.05) is 95.4 Å². The van der Waals surface area contributed by atoms with Gasteiger partial charge in [0.05, 0.1) is 31.5 Å². The monoisotopic (exact) mass is 688 g/mol. The van der Waals surface area contributed by atoms with Crippen LogP contribution in [0.25, 0.3) is 0 Å². The lowest BCUT2D eigenvalue weighted by Gasteiger charge is -2.51. The maximum Gasteiger partial charge on any atom is 0.115 e. The summed E-state index contributed by atoms with van der Waals surface area (Å²) in [6.07, 6.45) is 15.3. The van der Waals surface area contributed by atoms with Gasteiger partial charge in [0.1, 0.15) is 24.4 Å². The number of ether oxygens (including phenoxy) is 6. The number of rotatable bonds is 23. The van der Waals surface area contributed by atoms with Crippen molar-refractivity contribution in [3.05, 3.63) is 53.6 Å². The van der Waals surface area contributed by atoms with E-state index in [2.05, 4.69) is 77.1 Å². The van der Waals surface area contributed by atoms with E-state index in [4.69, 9.17) is 28.4 Å². The second kappa shape index (κ2) is 21.2. The summed E-state index contributed by atoms with van der Waals surface area (Å²) < 4.78 is 40.2. The number of benzene rings is 1. The Hall–Kier alpha value is -1.23. The van der Waals surface area contributed by atoms with Crippen molar-refractivity contribution in [2.75, 3.05) is 46.2 Å². The molecule has 0 spiro atoms. The summed E-state index contributed by atoms with van der Waals surface area (Å²) >= 11 is 1.98. The molecule has 2 aliphatic heterocycles. The van der Waals surface area contributed by atoms with Gasteiger partial charge in [0.15, 0.2) is 0 Å². The van der Waals surface area contributed by atoms with E-state index in [1.54, 1.807) is 0 Å². The van der Waals surface area contributed by atoms with Gasteiger partial charge in [0.25, 0.3) is 0 Å². The first-order chi connectivity index (χ1) is 23.5. The minimum absolute atomic E-state index is 0.0460. The molecule has 1 saturated heterocycles. The number of hydrogen-bond acceptors (Lipinski definition) is 8. The topological polar surface area (TPSA) is 75.6 Å². The second-order valence-electron chi connectivity index (χ2n) is 13.7. The Morgan fingerprint density at radius 3 is 2.15 bits per heavy atom. The first kappa shape index (κ1) is 39.6. The smallest absolute Gasteiger partial charge is 0.115 e. The van der Waals surface area contributed by atoms with Gasteiger partial charge in [-0.3, -0.25) is 0 Å².